The molecule has 1 heterocycles. The van der Waals surface area contributed by atoms with E-state index in [0.717, 1.165) is 0 Å². The van der Waals surface area contributed by atoms with Crippen LogP contribution in [0.5, 0.6) is 11.5 Å². The van der Waals surface area contributed by atoms with Gasteiger partial charge in [0.15, 0.2) is 17.3 Å². The van der Waals surface area contributed by atoms with Gasteiger partial charge in [0.2, 0.25) is 5.78 Å². The highest BCUT2D eigenvalue weighted by atomic mass is 79.9. The number of carbonyl (C=O) groups is 1. The number of phenols is 1. The Morgan fingerprint density at radius 3 is 2.68 bits per heavy atom. The van der Waals surface area contributed by atoms with Gasteiger partial charge >= 0.3 is 5.69 Å². The Morgan fingerprint density at radius 1 is 1.27 bits per heavy atom. The third-order valence-electron chi connectivity index (χ3n) is 3.14. The lowest BCUT2D eigenvalue weighted by Crippen LogP contribution is -1.98. The second-order valence-corrected chi connectivity index (χ2v) is 5.42. The lowest BCUT2D eigenvalue weighted by atomic mass is 10.1. The monoisotopic (exact) mass is 361 g/mol. The van der Waals surface area contributed by atoms with Crippen LogP contribution in [0.15, 0.2) is 46.6 Å². The average Bonchev–Trinajstić information content (AvgIpc) is 2.77. The zero-order valence-corrected chi connectivity index (χ0v) is 12.5. The highest BCUT2D eigenvalue weighted by Gasteiger charge is 2.29. The van der Waals surface area contributed by atoms with Gasteiger partial charge in [-0.2, -0.15) is 0 Å². The molecule has 1 aliphatic heterocycles. The number of ketones is 1. The molecule has 0 atom stereocenters. The molecular formula is C15H8BrNO5. The first-order valence-electron chi connectivity index (χ1n) is 6.17. The van der Waals surface area contributed by atoms with E-state index in [1.165, 1.54) is 24.3 Å². The van der Waals surface area contributed by atoms with Crippen LogP contribution < -0.4 is 4.74 Å². The number of rotatable bonds is 2. The van der Waals surface area contributed by atoms with Gasteiger partial charge < -0.3 is 9.84 Å². The molecule has 0 saturated carbocycles. The molecule has 7 heteroatoms. The minimum Gasteiger partial charge on any atom is -0.502 e. The molecule has 0 saturated heterocycles. The number of phenolic OH excluding ortho intramolecular Hbond substituents is 1. The van der Waals surface area contributed by atoms with Gasteiger partial charge in [-0.3, -0.25) is 14.9 Å². The third kappa shape index (κ3) is 2.35. The fourth-order valence-electron chi connectivity index (χ4n) is 2.11. The van der Waals surface area contributed by atoms with Crippen LogP contribution in [-0.2, 0) is 0 Å². The number of nitrogens with zero attached hydrogens (tertiary/aromatic N) is 1. The highest BCUT2D eigenvalue weighted by molar-refractivity contribution is 9.10. The van der Waals surface area contributed by atoms with Crippen LogP contribution in [0.25, 0.3) is 6.08 Å². The van der Waals surface area contributed by atoms with E-state index in [4.69, 9.17) is 4.74 Å². The van der Waals surface area contributed by atoms with Gasteiger partial charge in [0.25, 0.3) is 0 Å². The molecule has 0 radical (unpaired) electrons. The number of allylic oxidation sites excluding steroid dienone is 1. The first kappa shape index (κ1) is 14.3. The number of para-hydroxylation sites is 1. The molecule has 2 aromatic carbocycles. The summed E-state index contributed by atoms with van der Waals surface area (Å²) in [6.07, 6.45) is 1.43. The number of hydrogen-bond donors (Lipinski definition) is 1. The Balaban J connectivity index is 1.98. The van der Waals surface area contributed by atoms with E-state index in [9.17, 15) is 20.0 Å². The molecule has 0 amide bonds. The summed E-state index contributed by atoms with van der Waals surface area (Å²) >= 11 is 3.31. The van der Waals surface area contributed by atoms with Gasteiger partial charge in [-0.15, -0.1) is 0 Å². The molecule has 0 bridgehead atoms. The van der Waals surface area contributed by atoms with Crippen molar-refractivity contribution in [2.45, 2.75) is 0 Å². The fraction of sp³-hybridized carbons (Fsp3) is 0. The number of nitro benzene ring substituents is 1. The quantitative estimate of drug-likeness (QED) is 0.500. The van der Waals surface area contributed by atoms with Crippen LogP contribution in [0.2, 0.25) is 0 Å². The molecule has 0 aliphatic carbocycles. The number of halogens is 1. The minimum absolute atomic E-state index is 0.0927. The molecule has 1 aliphatic rings. The normalized spacial score (nSPS) is 14.8. The zero-order chi connectivity index (χ0) is 15.9. The van der Waals surface area contributed by atoms with Crippen LogP contribution >= 0.6 is 15.9 Å². The smallest absolute Gasteiger partial charge is 0.310 e. The van der Waals surface area contributed by atoms with E-state index in [0.29, 0.717) is 21.3 Å². The molecule has 6 nitrogen and oxygen atoms in total. The molecule has 1 N–H and O–H groups in total. The van der Waals surface area contributed by atoms with E-state index in [1.54, 1.807) is 18.2 Å². The molecule has 110 valence electrons. The molecule has 22 heavy (non-hydrogen) atoms. The minimum atomic E-state index is -0.684. The largest absolute Gasteiger partial charge is 0.502 e. The number of ether oxygens (including phenoxy) is 1. The Kier molecular flexibility index (Phi) is 3.42. The third-order valence-corrected chi connectivity index (χ3v) is 3.77. The fourth-order valence-corrected chi connectivity index (χ4v) is 2.56. The van der Waals surface area contributed by atoms with Gasteiger partial charge in [0.05, 0.1) is 15.0 Å². The maximum absolute atomic E-state index is 12.2. The average molecular weight is 362 g/mol. The van der Waals surface area contributed by atoms with Crippen molar-refractivity contribution in [3.8, 4) is 11.5 Å². The summed E-state index contributed by atoms with van der Waals surface area (Å²) < 4.78 is 6.18. The molecule has 2 aromatic rings. The van der Waals surface area contributed by atoms with Crippen molar-refractivity contribution in [1.82, 2.24) is 0 Å². The van der Waals surface area contributed by atoms with Crippen molar-refractivity contribution in [3.63, 3.8) is 0 Å². The van der Waals surface area contributed by atoms with Gasteiger partial charge in [-0.25, -0.2) is 0 Å². The van der Waals surface area contributed by atoms with Gasteiger partial charge in [-0.1, -0.05) is 6.07 Å². The first-order valence-corrected chi connectivity index (χ1v) is 6.97. The topological polar surface area (TPSA) is 89.7 Å². The maximum atomic E-state index is 12.2. The lowest BCUT2D eigenvalue weighted by molar-refractivity contribution is -0.385. The van der Waals surface area contributed by atoms with Crippen molar-refractivity contribution < 1.29 is 19.6 Å². The van der Waals surface area contributed by atoms with Crippen molar-refractivity contribution in [1.29, 1.82) is 0 Å². The van der Waals surface area contributed by atoms with E-state index in [-0.39, 0.29) is 11.5 Å². The summed E-state index contributed by atoms with van der Waals surface area (Å²) in [5.74, 6) is -0.224. The summed E-state index contributed by atoms with van der Waals surface area (Å²) in [7, 11) is 0. The van der Waals surface area contributed by atoms with E-state index >= 15 is 0 Å². The maximum Gasteiger partial charge on any atom is 0.310 e. The summed E-state index contributed by atoms with van der Waals surface area (Å²) in [5, 5.41) is 20.3. The summed E-state index contributed by atoms with van der Waals surface area (Å²) in [6, 6.07) is 8.94. The standard InChI is InChI=1S/C15H8BrNO5/c16-10-3-1-2-9-14(19)13(22-15(9)10)7-8-4-5-11(17(20)21)12(18)6-8/h1-7,18H/b13-7-. The second kappa shape index (κ2) is 5.27. The molecular weight excluding hydrogens is 354 g/mol. The van der Waals surface area contributed by atoms with Crippen molar-refractivity contribution >= 4 is 33.5 Å². The predicted molar refractivity (Wildman–Crippen MR) is 81.8 cm³/mol. The van der Waals surface area contributed by atoms with Crippen LogP contribution in [-0.4, -0.2) is 15.8 Å². The highest BCUT2D eigenvalue weighted by Crippen LogP contribution is 2.38. The number of nitro groups is 1. The molecule has 0 spiro atoms. The molecule has 0 unspecified atom stereocenters. The van der Waals surface area contributed by atoms with E-state index in [1.807, 2.05) is 0 Å². The summed E-state index contributed by atoms with van der Waals surface area (Å²) in [4.78, 5) is 22.2. The number of Topliss-reactive ketones (excluding diaryl/α,β-unsaturated/α-hetero) is 1. The van der Waals surface area contributed by atoms with Crippen LogP contribution in [0, 0.1) is 10.1 Å². The van der Waals surface area contributed by atoms with Crippen molar-refractivity contribution in [2.75, 3.05) is 0 Å². The number of carbonyl (C=O) groups excluding carboxylic acids is 1. The van der Waals surface area contributed by atoms with Gasteiger partial charge in [-0.05, 0) is 51.8 Å². The molecule has 0 fully saturated rings. The van der Waals surface area contributed by atoms with E-state index in [2.05, 4.69) is 15.9 Å². The number of benzene rings is 2. The Hall–Kier alpha value is -2.67. The van der Waals surface area contributed by atoms with Crippen LogP contribution in [0.3, 0.4) is 0 Å². The zero-order valence-electron chi connectivity index (χ0n) is 10.9. The molecule has 0 aromatic heterocycles. The number of aromatic hydroxyl groups is 1. The van der Waals surface area contributed by atoms with Gasteiger partial charge in [0.1, 0.15) is 0 Å². The SMILES string of the molecule is O=C1/C(=C/c2ccc([N+](=O)[O-])c(O)c2)Oc2c(Br)cccc21. The Morgan fingerprint density at radius 2 is 2.05 bits per heavy atom. The summed E-state index contributed by atoms with van der Waals surface area (Å²) in [5.41, 5.74) is 0.467. The summed E-state index contributed by atoms with van der Waals surface area (Å²) in [6.45, 7) is 0. The van der Waals surface area contributed by atoms with Crippen LogP contribution in [0.4, 0.5) is 5.69 Å². The molecule has 3 rings (SSSR count). The van der Waals surface area contributed by atoms with Crippen LogP contribution in [0.1, 0.15) is 15.9 Å². The number of fused-ring (bicyclic) bond motifs is 1. The van der Waals surface area contributed by atoms with Gasteiger partial charge in [0, 0.05) is 6.07 Å². The first-order chi connectivity index (χ1) is 10.5. The predicted octanol–water partition coefficient (Wildman–Crippen LogP) is 3.68. The van der Waals surface area contributed by atoms with Crippen molar-refractivity contribution in [3.05, 3.63) is 67.9 Å². The van der Waals surface area contributed by atoms with E-state index < -0.39 is 16.4 Å². The Labute approximate surface area is 132 Å². The lowest BCUT2D eigenvalue weighted by Gasteiger charge is -2.01. The number of hydrogen-bond acceptors (Lipinski definition) is 5. The second-order valence-electron chi connectivity index (χ2n) is 4.56. The Bertz CT molecular complexity index is 844. The van der Waals surface area contributed by atoms with Crippen molar-refractivity contribution in [2.24, 2.45) is 0 Å².